The number of nitrogens with one attached hydrogen (secondary N) is 1. The highest BCUT2D eigenvalue weighted by Crippen LogP contribution is 2.25. The molecule has 0 amide bonds. The van der Waals surface area contributed by atoms with Crippen LogP contribution in [0.15, 0.2) is 38.8 Å². The zero-order valence-corrected chi connectivity index (χ0v) is 22.2. The van der Waals surface area contributed by atoms with E-state index in [-0.39, 0.29) is 24.0 Å². The molecule has 0 radical (unpaired) electrons. The predicted molar refractivity (Wildman–Crippen MR) is 136 cm³/mol. The molecular weight excluding hydrogens is 539 g/mol. The molecule has 0 fully saturated rings. The van der Waals surface area contributed by atoms with Crippen molar-refractivity contribution in [1.82, 2.24) is 14.5 Å². The van der Waals surface area contributed by atoms with Crippen LogP contribution in [0.2, 0.25) is 0 Å². The van der Waals surface area contributed by atoms with E-state index in [1.807, 2.05) is 27.0 Å². The summed E-state index contributed by atoms with van der Waals surface area (Å²) in [5.74, 6) is 0.851. The highest BCUT2D eigenvalue weighted by Gasteiger charge is 2.23. The summed E-state index contributed by atoms with van der Waals surface area (Å²) in [7, 11) is 0.444. The van der Waals surface area contributed by atoms with Crippen LogP contribution in [0.3, 0.4) is 0 Å². The van der Waals surface area contributed by atoms with Crippen LogP contribution >= 0.6 is 46.7 Å². The SMILES string of the molecule is CCN(CC)S(=O)(=O)c1ccc(CCNC(=NC)N(C)CCc2cccs2)s1.I. The lowest BCUT2D eigenvalue weighted by atomic mass is 10.3. The number of likely N-dealkylation sites (N-methyl/N-ethyl adjacent to an activating group) is 1. The molecule has 1 N–H and O–H groups in total. The second-order valence-corrected chi connectivity index (χ2v) is 10.7. The normalized spacial score (nSPS) is 12.1. The number of nitrogens with zero attached hydrogens (tertiary/aromatic N) is 3. The minimum Gasteiger partial charge on any atom is -0.356 e. The Hall–Kier alpha value is -0.690. The van der Waals surface area contributed by atoms with Crippen molar-refractivity contribution in [3.05, 3.63) is 39.4 Å². The van der Waals surface area contributed by atoms with Crippen LogP contribution in [-0.4, -0.2) is 63.9 Å². The molecule has 0 aromatic carbocycles. The average molecular weight is 571 g/mol. The van der Waals surface area contributed by atoms with Crippen LogP contribution in [-0.2, 0) is 22.9 Å². The fourth-order valence-corrected chi connectivity index (χ4v) is 6.51. The van der Waals surface area contributed by atoms with E-state index >= 15 is 0 Å². The van der Waals surface area contributed by atoms with Crippen molar-refractivity contribution in [3.63, 3.8) is 0 Å². The van der Waals surface area contributed by atoms with Gasteiger partial charge in [0.1, 0.15) is 4.21 Å². The summed E-state index contributed by atoms with van der Waals surface area (Å²) in [5, 5.41) is 5.46. The third-order valence-corrected chi connectivity index (χ3v) is 9.04. The lowest BCUT2D eigenvalue weighted by molar-refractivity contribution is 0.447. The van der Waals surface area contributed by atoms with Gasteiger partial charge in [-0.3, -0.25) is 4.99 Å². The van der Waals surface area contributed by atoms with Crippen molar-refractivity contribution < 1.29 is 8.42 Å². The van der Waals surface area contributed by atoms with Crippen molar-refractivity contribution in [1.29, 1.82) is 0 Å². The Kier molecular flexibility index (Phi) is 11.7. The maximum atomic E-state index is 12.6. The quantitative estimate of drug-likeness (QED) is 0.269. The van der Waals surface area contributed by atoms with E-state index in [9.17, 15) is 8.42 Å². The van der Waals surface area contributed by atoms with Crippen LogP contribution in [0.5, 0.6) is 0 Å². The number of hydrogen-bond donors (Lipinski definition) is 1. The third-order valence-electron chi connectivity index (χ3n) is 4.44. The van der Waals surface area contributed by atoms with Gasteiger partial charge < -0.3 is 10.2 Å². The minimum atomic E-state index is -3.37. The van der Waals surface area contributed by atoms with Gasteiger partial charge in [-0.25, -0.2) is 8.42 Å². The molecule has 164 valence electrons. The molecule has 10 heteroatoms. The summed E-state index contributed by atoms with van der Waals surface area (Å²) in [6.07, 6.45) is 1.75. The number of hydrogen-bond acceptors (Lipinski definition) is 5. The van der Waals surface area contributed by atoms with Crippen molar-refractivity contribution in [2.75, 3.05) is 40.3 Å². The fraction of sp³-hybridized carbons (Fsp3) is 0.526. The van der Waals surface area contributed by atoms with Crippen molar-refractivity contribution >= 4 is 62.6 Å². The number of thiophene rings is 2. The molecule has 0 aliphatic heterocycles. The van der Waals surface area contributed by atoms with Crippen molar-refractivity contribution in [3.8, 4) is 0 Å². The Morgan fingerprint density at radius 2 is 1.86 bits per heavy atom. The summed E-state index contributed by atoms with van der Waals surface area (Å²) >= 11 is 3.12. The second kappa shape index (κ2) is 12.9. The van der Waals surface area contributed by atoms with Gasteiger partial charge in [0.15, 0.2) is 5.96 Å². The van der Waals surface area contributed by atoms with Crippen LogP contribution in [0.25, 0.3) is 0 Å². The van der Waals surface area contributed by atoms with Gasteiger partial charge in [0.2, 0.25) is 0 Å². The molecular formula is C19H31IN4O2S3. The zero-order chi connectivity index (χ0) is 20.6. The molecule has 2 heterocycles. The van der Waals surface area contributed by atoms with Crippen molar-refractivity contribution in [2.45, 2.75) is 30.9 Å². The summed E-state index contributed by atoms with van der Waals surface area (Å²) in [6, 6.07) is 7.85. The molecule has 0 atom stereocenters. The molecule has 2 rings (SSSR count). The number of rotatable bonds is 10. The molecule has 2 aromatic heterocycles. The molecule has 0 unspecified atom stereocenters. The van der Waals surface area contributed by atoms with E-state index < -0.39 is 10.0 Å². The van der Waals surface area contributed by atoms with Gasteiger partial charge in [0.05, 0.1) is 0 Å². The maximum Gasteiger partial charge on any atom is 0.252 e. The molecule has 6 nitrogen and oxygen atoms in total. The van der Waals surface area contributed by atoms with E-state index in [4.69, 9.17) is 0 Å². The molecule has 2 aromatic rings. The van der Waals surface area contributed by atoms with Gasteiger partial charge in [-0.15, -0.1) is 46.7 Å². The summed E-state index contributed by atoms with van der Waals surface area (Å²) in [6.45, 7) is 6.30. The van der Waals surface area contributed by atoms with E-state index in [1.54, 1.807) is 24.5 Å². The number of aliphatic imine (C=N–C) groups is 1. The molecule has 29 heavy (non-hydrogen) atoms. The van der Waals surface area contributed by atoms with E-state index in [0.717, 1.165) is 30.2 Å². The first-order chi connectivity index (χ1) is 13.4. The first-order valence-electron chi connectivity index (χ1n) is 9.45. The van der Waals surface area contributed by atoms with Crippen LogP contribution in [0.4, 0.5) is 0 Å². The largest absolute Gasteiger partial charge is 0.356 e. The van der Waals surface area contributed by atoms with E-state index in [1.165, 1.54) is 20.5 Å². The Morgan fingerprint density at radius 1 is 1.14 bits per heavy atom. The zero-order valence-electron chi connectivity index (χ0n) is 17.4. The summed E-state index contributed by atoms with van der Waals surface area (Å²) in [5.41, 5.74) is 0. The standard InChI is InChI=1S/C19H30N4O2S3.HI/c1-5-23(6-2)28(24,25)18-10-9-17(27-18)11-13-21-19(20-3)22(4)14-12-16-8-7-15-26-16;/h7-10,15H,5-6,11-14H2,1-4H3,(H,20,21);1H. The lowest BCUT2D eigenvalue weighted by Crippen LogP contribution is -2.40. The van der Waals surface area contributed by atoms with E-state index in [0.29, 0.717) is 23.8 Å². The van der Waals surface area contributed by atoms with Crippen molar-refractivity contribution in [2.24, 2.45) is 4.99 Å². The summed E-state index contributed by atoms with van der Waals surface area (Å²) < 4.78 is 27.1. The monoisotopic (exact) mass is 570 g/mol. The number of halogens is 1. The van der Waals surface area contributed by atoms with Crippen LogP contribution in [0, 0.1) is 0 Å². The fourth-order valence-electron chi connectivity index (χ4n) is 2.84. The summed E-state index contributed by atoms with van der Waals surface area (Å²) in [4.78, 5) is 8.87. The molecule has 0 aliphatic rings. The smallest absolute Gasteiger partial charge is 0.252 e. The molecule has 0 saturated carbocycles. The highest BCUT2D eigenvalue weighted by molar-refractivity contribution is 14.0. The van der Waals surface area contributed by atoms with E-state index in [2.05, 4.69) is 32.7 Å². The number of guanidine groups is 1. The van der Waals surface area contributed by atoms with Gasteiger partial charge in [0.25, 0.3) is 10.0 Å². The molecule has 0 bridgehead atoms. The third kappa shape index (κ3) is 7.50. The first-order valence-corrected chi connectivity index (χ1v) is 12.6. The Morgan fingerprint density at radius 3 is 2.45 bits per heavy atom. The topological polar surface area (TPSA) is 65.0 Å². The average Bonchev–Trinajstić information content (AvgIpc) is 3.36. The predicted octanol–water partition coefficient (Wildman–Crippen LogP) is 3.75. The van der Waals surface area contributed by atoms with Crippen LogP contribution in [0.1, 0.15) is 23.6 Å². The minimum absolute atomic E-state index is 0. The first kappa shape index (κ1) is 26.3. The molecule has 0 spiro atoms. The highest BCUT2D eigenvalue weighted by atomic mass is 127. The lowest BCUT2D eigenvalue weighted by Gasteiger charge is -2.21. The molecule has 0 saturated heterocycles. The Bertz CT molecular complexity index is 847. The van der Waals surface area contributed by atoms with Crippen LogP contribution < -0.4 is 5.32 Å². The van der Waals surface area contributed by atoms with Gasteiger partial charge in [-0.2, -0.15) is 4.31 Å². The van der Waals surface area contributed by atoms with Gasteiger partial charge in [-0.1, -0.05) is 19.9 Å². The second-order valence-electron chi connectivity index (χ2n) is 6.28. The Labute approximate surface area is 200 Å². The van der Waals surface area contributed by atoms with Gasteiger partial charge in [0, 0.05) is 50.0 Å². The van der Waals surface area contributed by atoms with Gasteiger partial charge >= 0.3 is 0 Å². The maximum absolute atomic E-state index is 12.6. The Balaban J connectivity index is 0.00000420. The molecule has 0 aliphatic carbocycles. The van der Waals surface area contributed by atoms with Gasteiger partial charge in [-0.05, 0) is 36.4 Å². The number of sulfonamides is 1.